The maximum absolute atomic E-state index is 12.8. The molecule has 38 heavy (non-hydrogen) atoms. The lowest BCUT2D eigenvalue weighted by Crippen LogP contribution is -2.41. The summed E-state index contributed by atoms with van der Waals surface area (Å²) in [7, 11) is -0.704. The van der Waals surface area contributed by atoms with Crippen LogP contribution in [0.3, 0.4) is 0 Å². The third-order valence-electron chi connectivity index (χ3n) is 7.53. The number of nitrogens with one attached hydrogen (secondary N) is 1. The number of benzene rings is 2. The van der Waals surface area contributed by atoms with Gasteiger partial charge in [-0.1, -0.05) is 48.5 Å². The van der Waals surface area contributed by atoms with Gasteiger partial charge in [0.05, 0.1) is 16.8 Å². The second kappa shape index (κ2) is 10.1. The average Bonchev–Trinajstić information content (AvgIpc) is 3.53. The number of hydrogen-bond donors (Lipinski definition) is 2. The summed E-state index contributed by atoms with van der Waals surface area (Å²) in [5.74, 6) is -1.03. The molecule has 9 heteroatoms. The van der Waals surface area contributed by atoms with E-state index in [1.54, 1.807) is 11.4 Å². The summed E-state index contributed by atoms with van der Waals surface area (Å²) in [4.78, 5) is 24.9. The number of hydrogen-bond acceptors (Lipinski definition) is 6. The summed E-state index contributed by atoms with van der Waals surface area (Å²) < 4.78 is 18.1. The number of amides is 1. The molecular formula is C29H30BNO6S. The van der Waals surface area contributed by atoms with Crippen molar-refractivity contribution in [3.05, 3.63) is 87.0 Å². The maximum Gasteiger partial charge on any atom is 0.492 e. The van der Waals surface area contributed by atoms with Gasteiger partial charge in [-0.05, 0) is 67.6 Å². The van der Waals surface area contributed by atoms with Gasteiger partial charge in [-0.25, -0.2) is 9.59 Å². The van der Waals surface area contributed by atoms with Crippen LogP contribution in [-0.4, -0.2) is 48.6 Å². The molecule has 7 nitrogen and oxygen atoms in total. The number of fused-ring (bicyclic) bond motifs is 3. The second-order valence-electron chi connectivity index (χ2n) is 10.5. The van der Waals surface area contributed by atoms with Crippen LogP contribution in [0.4, 0.5) is 4.79 Å². The fourth-order valence-corrected chi connectivity index (χ4v) is 5.59. The Bertz CT molecular complexity index is 1350. The van der Waals surface area contributed by atoms with Crippen LogP contribution in [0.5, 0.6) is 0 Å². The van der Waals surface area contributed by atoms with Gasteiger partial charge in [0, 0.05) is 22.7 Å². The summed E-state index contributed by atoms with van der Waals surface area (Å²) in [5.41, 5.74) is 4.36. The smallest absolute Gasteiger partial charge is 0.478 e. The number of thiophene rings is 1. The molecule has 1 amide bonds. The Morgan fingerprint density at radius 1 is 1.03 bits per heavy atom. The van der Waals surface area contributed by atoms with Crippen molar-refractivity contribution in [2.24, 2.45) is 0 Å². The van der Waals surface area contributed by atoms with Crippen molar-refractivity contribution in [1.29, 1.82) is 0 Å². The van der Waals surface area contributed by atoms with Gasteiger partial charge in [-0.15, -0.1) is 11.3 Å². The van der Waals surface area contributed by atoms with E-state index in [1.165, 1.54) is 22.5 Å². The standard InChI is InChI=1S/C29H30BNO6S/c1-28(2)29(3,4)37-30(36-28)19(14-20-13-18(17-38-20)26(32)33)15-31-27(34)35-16-25-23-11-7-5-9-21(23)22-10-6-8-12-24(22)25/h5-14,17,25H,15-16H2,1-4H3,(H,31,34)(H,32,33). The number of alkyl carbamates (subject to hydrolysis) is 1. The van der Waals surface area contributed by atoms with Gasteiger partial charge < -0.3 is 24.5 Å². The molecule has 0 spiro atoms. The SMILES string of the molecule is CC1(C)OB(C(=Cc2cc(C(=O)O)cs2)CNC(=O)OCC2c3ccccc3-c3ccccc32)OC1(C)C. The zero-order chi connectivity index (χ0) is 27.1. The predicted octanol–water partition coefficient (Wildman–Crippen LogP) is 6.00. The fraction of sp³-hybridized carbons (Fsp3) is 0.310. The number of carbonyl (C=O) groups is 2. The minimum Gasteiger partial charge on any atom is -0.478 e. The summed E-state index contributed by atoms with van der Waals surface area (Å²) in [6.45, 7) is 8.15. The molecule has 2 heterocycles. The largest absolute Gasteiger partial charge is 0.492 e. The van der Waals surface area contributed by atoms with Crippen LogP contribution in [0, 0.1) is 0 Å². The third kappa shape index (κ3) is 5.01. The first-order valence-corrected chi connectivity index (χ1v) is 13.4. The van der Waals surface area contributed by atoms with Crippen molar-refractivity contribution in [2.75, 3.05) is 13.2 Å². The Balaban J connectivity index is 1.29. The quantitative estimate of drug-likeness (QED) is 0.364. The lowest BCUT2D eigenvalue weighted by molar-refractivity contribution is 0.00578. The molecule has 1 fully saturated rings. The highest BCUT2D eigenvalue weighted by atomic mass is 32.1. The predicted molar refractivity (Wildman–Crippen MR) is 148 cm³/mol. The van der Waals surface area contributed by atoms with Crippen LogP contribution in [0.2, 0.25) is 0 Å². The van der Waals surface area contributed by atoms with Gasteiger partial charge in [-0.3, -0.25) is 0 Å². The normalized spacial score (nSPS) is 17.7. The van der Waals surface area contributed by atoms with E-state index in [2.05, 4.69) is 29.6 Å². The molecule has 0 bridgehead atoms. The van der Waals surface area contributed by atoms with Crippen molar-refractivity contribution in [3.63, 3.8) is 0 Å². The molecule has 0 saturated carbocycles. The monoisotopic (exact) mass is 531 g/mol. The van der Waals surface area contributed by atoms with E-state index in [1.807, 2.05) is 58.0 Å². The van der Waals surface area contributed by atoms with E-state index in [0.717, 1.165) is 16.0 Å². The van der Waals surface area contributed by atoms with Crippen molar-refractivity contribution in [3.8, 4) is 11.1 Å². The zero-order valence-electron chi connectivity index (χ0n) is 21.8. The summed E-state index contributed by atoms with van der Waals surface area (Å²) in [6.07, 6.45) is 1.26. The molecule has 0 unspecified atom stereocenters. The molecule has 0 radical (unpaired) electrons. The first-order valence-electron chi connectivity index (χ1n) is 12.5. The molecule has 2 N–H and O–H groups in total. The lowest BCUT2D eigenvalue weighted by atomic mass is 9.77. The van der Waals surface area contributed by atoms with Crippen molar-refractivity contribution < 1.29 is 28.7 Å². The first kappa shape index (κ1) is 26.2. The van der Waals surface area contributed by atoms with Crippen LogP contribution in [0.15, 0.2) is 65.4 Å². The fourth-order valence-electron chi connectivity index (χ4n) is 4.74. The van der Waals surface area contributed by atoms with E-state index in [4.69, 9.17) is 14.0 Å². The van der Waals surface area contributed by atoms with Crippen molar-refractivity contribution in [2.45, 2.75) is 44.8 Å². The Morgan fingerprint density at radius 2 is 1.61 bits per heavy atom. The highest BCUT2D eigenvalue weighted by Gasteiger charge is 2.52. The van der Waals surface area contributed by atoms with E-state index >= 15 is 0 Å². The number of carboxylic acid groups (broad SMARTS) is 1. The highest BCUT2D eigenvalue weighted by molar-refractivity contribution is 7.11. The van der Waals surface area contributed by atoms with E-state index in [9.17, 15) is 14.7 Å². The highest BCUT2D eigenvalue weighted by Crippen LogP contribution is 2.44. The maximum atomic E-state index is 12.8. The molecule has 196 valence electrons. The Morgan fingerprint density at radius 3 is 2.16 bits per heavy atom. The van der Waals surface area contributed by atoms with Crippen molar-refractivity contribution >= 4 is 36.6 Å². The van der Waals surface area contributed by atoms with E-state index < -0.39 is 30.4 Å². The van der Waals surface area contributed by atoms with E-state index in [0.29, 0.717) is 5.47 Å². The van der Waals surface area contributed by atoms with Gasteiger partial charge in [0.25, 0.3) is 0 Å². The summed E-state index contributed by atoms with van der Waals surface area (Å²) in [6, 6.07) is 18.0. The number of carbonyl (C=O) groups excluding carboxylic acids is 1. The summed E-state index contributed by atoms with van der Waals surface area (Å²) >= 11 is 1.30. The average molecular weight is 531 g/mol. The molecule has 5 rings (SSSR count). The third-order valence-corrected chi connectivity index (χ3v) is 8.41. The Hall–Kier alpha value is -3.40. The van der Waals surface area contributed by atoms with Gasteiger partial charge in [0.1, 0.15) is 6.61 Å². The molecule has 0 atom stereocenters. The van der Waals surface area contributed by atoms with Crippen LogP contribution in [-0.2, 0) is 14.0 Å². The Kier molecular flexibility index (Phi) is 6.94. The number of ether oxygens (including phenoxy) is 1. The van der Waals surface area contributed by atoms with E-state index in [-0.39, 0.29) is 24.6 Å². The van der Waals surface area contributed by atoms with Crippen molar-refractivity contribution in [1.82, 2.24) is 5.32 Å². The number of rotatable bonds is 7. The zero-order valence-corrected chi connectivity index (χ0v) is 22.6. The van der Waals surface area contributed by atoms with Gasteiger partial charge in [0.15, 0.2) is 0 Å². The molecule has 3 aromatic rings. The first-order chi connectivity index (χ1) is 18.1. The van der Waals surface area contributed by atoms with Crippen LogP contribution in [0.25, 0.3) is 17.2 Å². The molecular weight excluding hydrogens is 501 g/mol. The molecule has 1 aliphatic heterocycles. The molecule has 2 aliphatic rings. The number of aromatic carboxylic acids is 1. The molecule has 1 aliphatic carbocycles. The molecule has 1 saturated heterocycles. The lowest BCUT2D eigenvalue weighted by Gasteiger charge is -2.32. The van der Waals surface area contributed by atoms with Crippen LogP contribution >= 0.6 is 11.3 Å². The Labute approximate surface area is 226 Å². The topological polar surface area (TPSA) is 94.1 Å². The molecule has 1 aromatic heterocycles. The number of carboxylic acids is 1. The van der Waals surface area contributed by atoms with Crippen LogP contribution in [0.1, 0.15) is 60.0 Å². The minimum atomic E-state index is -0.991. The summed E-state index contributed by atoms with van der Waals surface area (Å²) in [5, 5.41) is 13.7. The second-order valence-corrected chi connectivity index (χ2v) is 11.5. The van der Waals surface area contributed by atoms with Gasteiger partial charge in [-0.2, -0.15) is 0 Å². The molecule has 2 aromatic carbocycles. The van der Waals surface area contributed by atoms with Gasteiger partial charge >= 0.3 is 19.2 Å². The van der Waals surface area contributed by atoms with Crippen LogP contribution < -0.4 is 5.32 Å². The van der Waals surface area contributed by atoms with Gasteiger partial charge in [0.2, 0.25) is 0 Å². The minimum absolute atomic E-state index is 0.0354.